The van der Waals surface area contributed by atoms with Crippen LogP contribution in [0.15, 0.2) is 4.99 Å². The van der Waals surface area contributed by atoms with Crippen LogP contribution in [-0.2, 0) is 23.9 Å². The van der Waals surface area contributed by atoms with E-state index >= 15 is 0 Å². The Morgan fingerprint density at radius 3 is 2.17 bits per heavy atom. The van der Waals surface area contributed by atoms with Gasteiger partial charge in [0.15, 0.2) is 5.96 Å². The van der Waals surface area contributed by atoms with Crippen molar-refractivity contribution in [1.29, 1.82) is 0 Å². The number of aliphatic carboxylic acids is 1. The van der Waals surface area contributed by atoms with Crippen LogP contribution in [0.4, 0.5) is 4.79 Å². The van der Waals surface area contributed by atoms with E-state index in [2.05, 4.69) is 15.6 Å². The highest BCUT2D eigenvalue weighted by Gasteiger charge is 2.51. The predicted molar refractivity (Wildman–Crippen MR) is 127 cm³/mol. The number of guanidine groups is 1. The summed E-state index contributed by atoms with van der Waals surface area (Å²) in [4.78, 5) is 52.0. The number of amides is 2. The summed E-state index contributed by atoms with van der Waals surface area (Å²) in [7, 11) is 0. The van der Waals surface area contributed by atoms with Crippen molar-refractivity contribution in [2.75, 3.05) is 0 Å². The molecule has 12 heteroatoms. The van der Waals surface area contributed by atoms with Crippen molar-refractivity contribution in [2.24, 2.45) is 33.9 Å². The molecule has 200 valence electrons. The van der Waals surface area contributed by atoms with Gasteiger partial charge in [-0.05, 0) is 33.1 Å². The number of carbonyl (C=O) groups is 4. The lowest BCUT2D eigenvalue weighted by Crippen LogP contribution is -2.51. The lowest BCUT2D eigenvalue weighted by Gasteiger charge is -2.35. The van der Waals surface area contributed by atoms with Crippen LogP contribution in [0.5, 0.6) is 0 Å². The third-order valence-corrected chi connectivity index (χ3v) is 6.10. The third kappa shape index (κ3) is 8.68. The molecule has 0 heterocycles. The van der Waals surface area contributed by atoms with Crippen LogP contribution >= 0.6 is 0 Å². The molecule has 0 aromatic carbocycles. The second-order valence-corrected chi connectivity index (χ2v) is 9.89. The van der Waals surface area contributed by atoms with E-state index in [0.717, 1.165) is 0 Å². The zero-order valence-corrected chi connectivity index (χ0v) is 21.5. The van der Waals surface area contributed by atoms with E-state index in [4.69, 9.17) is 15.2 Å². The van der Waals surface area contributed by atoms with Gasteiger partial charge in [-0.1, -0.05) is 26.7 Å². The molecule has 2 unspecified atom stereocenters. The van der Waals surface area contributed by atoms with Gasteiger partial charge >= 0.3 is 18.0 Å². The van der Waals surface area contributed by atoms with Crippen molar-refractivity contribution in [3.8, 4) is 0 Å². The van der Waals surface area contributed by atoms with Gasteiger partial charge in [0.2, 0.25) is 12.2 Å². The summed E-state index contributed by atoms with van der Waals surface area (Å²) in [6.45, 7) is 11.6. The predicted octanol–water partition coefficient (Wildman–Crippen LogP) is 1.35. The van der Waals surface area contributed by atoms with E-state index in [-0.39, 0.29) is 24.2 Å². The Bertz CT molecular complexity index is 806. The summed E-state index contributed by atoms with van der Waals surface area (Å²) >= 11 is 0. The Morgan fingerprint density at radius 2 is 1.71 bits per heavy atom. The summed E-state index contributed by atoms with van der Waals surface area (Å²) < 4.78 is 10.0. The lowest BCUT2D eigenvalue weighted by molar-refractivity contribution is -0.174. The molecule has 0 saturated heterocycles. The van der Waals surface area contributed by atoms with Gasteiger partial charge in [-0.3, -0.25) is 19.7 Å². The quantitative estimate of drug-likeness (QED) is 0.135. The first kappa shape index (κ1) is 30.1. The topological polar surface area (TPSA) is 190 Å². The van der Waals surface area contributed by atoms with Crippen LogP contribution in [0.2, 0.25) is 0 Å². The molecule has 1 aliphatic carbocycles. The van der Waals surface area contributed by atoms with Crippen LogP contribution in [0.3, 0.4) is 0 Å². The van der Waals surface area contributed by atoms with Crippen molar-refractivity contribution < 1.29 is 38.9 Å². The van der Waals surface area contributed by atoms with Gasteiger partial charge in [0, 0.05) is 25.8 Å². The van der Waals surface area contributed by atoms with E-state index in [1.807, 2.05) is 13.8 Å². The van der Waals surface area contributed by atoms with Gasteiger partial charge in [0.1, 0.15) is 0 Å². The Morgan fingerprint density at radius 1 is 1.14 bits per heavy atom. The number of rotatable bonds is 9. The zero-order valence-electron chi connectivity index (χ0n) is 21.5. The Hall–Kier alpha value is -2.89. The highest BCUT2D eigenvalue weighted by atomic mass is 16.7. The molecule has 6 atom stereocenters. The molecule has 1 fully saturated rings. The number of ether oxygens (including phenoxy) is 2. The number of nitrogens with one attached hydrogen (secondary N) is 2. The van der Waals surface area contributed by atoms with E-state index in [0.29, 0.717) is 12.8 Å². The highest BCUT2D eigenvalue weighted by Crippen LogP contribution is 2.39. The fourth-order valence-corrected chi connectivity index (χ4v) is 4.30. The molecular formula is C23H40N4O8. The number of carboxylic acids is 1. The zero-order chi connectivity index (χ0) is 27.1. The molecular weight excluding hydrogens is 460 g/mol. The van der Waals surface area contributed by atoms with Crippen LogP contribution in [0.1, 0.15) is 67.7 Å². The molecule has 12 nitrogen and oxygen atoms in total. The second kappa shape index (κ2) is 12.7. The van der Waals surface area contributed by atoms with Crippen molar-refractivity contribution in [3.05, 3.63) is 0 Å². The minimum absolute atomic E-state index is 0.0333. The molecule has 0 bridgehead atoms. The highest BCUT2D eigenvalue weighted by molar-refractivity contribution is 5.93. The first-order valence-corrected chi connectivity index (χ1v) is 11.8. The van der Waals surface area contributed by atoms with Gasteiger partial charge in [-0.2, -0.15) is 0 Å². The smallest absolute Gasteiger partial charge is 0.417 e. The molecule has 0 aromatic heterocycles. The summed E-state index contributed by atoms with van der Waals surface area (Å²) in [5.41, 5.74) is 5.10. The van der Waals surface area contributed by atoms with Crippen molar-refractivity contribution in [1.82, 2.24) is 10.6 Å². The van der Waals surface area contributed by atoms with Gasteiger partial charge in [0.25, 0.3) is 0 Å². The van der Waals surface area contributed by atoms with Gasteiger partial charge in [-0.15, -0.1) is 0 Å². The summed E-state index contributed by atoms with van der Waals surface area (Å²) in [6.07, 6.45) is -2.16. The minimum atomic E-state index is -1.28. The average molecular weight is 501 g/mol. The lowest BCUT2D eigenvalue weighted by atomic mass is 9.80. The van der Waals surface area contributed by atoms with Crippen molar-refractivity contribution in [3.63, 3.8) is 0 Å². The first-order chi connectivity index (χ1) is 16.1. The number of aliphatic imine (C=N–C) groups is 1. The van der Waals surface area contributed by atoms with Crippen LogP contribution < -0.4 is 16.4 Å². The number of hydrogen-bond donors (Lipinski definition) is 5. The van der Waals surface area contributed by atoms with E-state index in [9.17, 15) is 29.4 Å². The average Bonchev–Trinajstić information content (AvgIpc) is 3.02. The summed E-state index contributed by atoms with van der Waals surface area (Å²) in [5, 5.41) is 25.5. The molecule has 1 rings (SSSR count). The van der Waals surface area contributed by atoms with Crippen molar-refractivity contribution >= 4 is 29.9 Å². The van der Waals surface area contributed by atoms with E-state index in [1.54, 1.807) is 20.8 Å². The number of nitrogens with two attached hydrogens (primary N) is 1. The molecule has 2 amide bonds. The molecule has 0 aromatic rings. The normalized spacial score (nSPS) is 24.4. The number of carbonyl (C=O) groups excluding carboxylic acids is 3. The van der Waals surface area contributed by atoms with Crippen LogP contribution in [0, 0.1) is 23.2 Å². The first-order valence-electron chi connectivity index (χ1n) is 11.8. The number of carboxylic acid groups (broad SMARTS) is 1. The molecule has 6 N–H and O–H groups in total. The Kier molecular flexibility index (Phi) is 10.9. The maximum atomic E-state index is 12.2. The maximum Gasteiger partial charge on any atom is 0.417 e. The van der Waals surface area contributed by atoms with E-state index in [1.165, 1.54) is 13.8 Å². The third-order valence-electron chi connectivity index (χ3n) is 6.10. The second-order valence-electron chi connectivity index (χ2n) is 9.89. The summed E-state index contributed by atoms with van der Waals surface area (Å²) in [5.74, 6) is -4.32. The molecule has 0 aliphatic heterocycles. The molecule has 0 radical (unpaired) electrons. The largest absolute Gasteiger partial charge is 0.481 e. The van der Waals surface area contributed by atoms with Gasteiger partial charge < -0.3 is 30.7 Å². The number of esters is 1. The van der Waals surface area contributed by atoms with Crippen molar-refractivity contribution in [2.45, 2.75) is 92.2 Å². The standard InChI is InChI=1S/C23H40N4O8/c1-8-13(9-2)17(25-11(3)28)16-15(10-14(18(16)29)19(30)31)26-21(24)27-22(33)35-12(4)34-20(32)23(5,6)7/h12-18,29H,8-10H2,1-7H3,(H,25,28)(H,30,31)(H3,24,26,27,33)/t12?,14-,15+,16+,17?,18+/m0/s1. The number of alkyl carbamates (subject to hydrolysis) is 1. The number of aliphatic hydroxyl groups is 1. The Labute approximate surface area is 206 Å². The van der Waals surface area contributed by atoms with Gasteiger partial charge in [0.05, 0.1) is 23.5 Å². The maximum absolute atomic E-state index is 12.2. The number of aliphatic hydroxyl groups excluding tert-OH is 1. The van der Waals surface area contributed by atoms with Crippen LogP contribution in [0.25, 0.3) is 0 Å². The molecule has 0 spiro atoms. The molecule has 35 heavy (non-hydrogen) atoms. The SMILES string of the molecule is CCC(CC)C(NC(C)=O)[C@@H]1[C@H](O)[C@@H](C(=O)O)C[C@H]1N=C(N)NC(=O)OC(C)OC(=O)C(C)(C)C. The fraction of sp³-hybridized carbons (Fsp3) is 0.783. The molecule has 1 aliphatic rings. The number of nitrogens with zero attached hydrogens (tertiary/aromatic N) is 1. The van der Waals surface area contributed by atoms with Gasteiger partial charge in [-0.25, -0.2) is 9.79 Å². The monoisotopic (exact) mass is 500 g/mol. The Balaban J connectivity index is 3.07. The van der Waals surface area contributed by atoms with E-state index < -0.39 is 59.8 Å². The number of hydrogen-bond acceptors (Lipinski definition) is 8. The minimum Gasteiger partial charge on any atom is -0.481 e. The summed E-state index contributed by atoms with van der Waals surface area (Å²) in [6, 6.07) is -1.34. The fourth-order valence-electron chi connectivity index (χ4n) is 4.30. The molecule has 1 saturated carbocycles. The van der Waals surface area contributed by atoms with Crippen LogP contribution in [-0.4, -0.2) is 64.6 Å².